The quantitative estimate of drug-likeness (QED) is 0.139. The molecule has 127 heavy (non-hydrogen) atoms. The summed E-state index contributed by atoms with van der Waals surface area (Å²) in [5, 5.41) is 10.8. The third-order valence-electron chi connectivity index (χ3n) is 25.9. The van der Waals surface area contributed by atoms with E-state index in [0.717, 1.165) is 150 Å². The van der Waals surface area contributed by atoms with Crippen molar-refractivity contribution in [3.8, 4) is 0 Å². The number of hydrogen-bond acceptors (Lipinski definition) is 23. The Hall–Kier alpha value is -14.7. The van der Waals surface area contributed by atoms with Gasteiger partial charge in [0.2, 0.25) is 22.9 Å². The van der Waals surface area contributed by atoms with Crippen molar-refractivity contribution >= 4 is 185 Å². The van der Waals surface area contributed by atoms with Crippen LogP contribution in [0.2, 0.25) is 0 Å². The predicted octanol–water partition coefficient (Wildman–Crippen LogP) is 25.3. The molecule has 5 aliphatic heterocycles. The minimum atomic E-state index is -0.839. The number of aromatic nitrogens is 8. The number of rotatable bonds is 8. The van der Waals surface area contributed by atoms with Gasteiger partial charge in [-0.2, -0.15) is 0 Å². The van der Waals surface area contributed by atoms with Crippen molar-refractivity contribution in [2.45, 2.75) is 160 Å². The Morgan fingerprint density at radius 2 is 0.630 bits per heavy atom. The Morgan fingerprint density at radius 3 is 1.09 bits per heavy atom. The van der Waals surface area contributed by atoms with Crippen LogP contribution < -0.4 is 44.1 Å². The smallest absolute Gasteiger partial charge is 0.227 e. The molecule has 5 atom stereocenters. The standard InChI is InChI=1S/C23H23N3O.C22H22N4O.C21H19N3O.C19H17N5O.C19H21N3O/c1-14(2)25-16(4)26(20-10-6-5-9-19(20)25)21-15(3)11-12-17-18-8-7-13-24-23(18)27-22(17)21;1-13(2)25-15(4)26(22-21(25)23-11-12-24-22)19-14(3)9-10-17-16-7-5-6-8-18(16)27-20(17)19;1-13-10-11-15-16-7-6-12-22-21(16)25-20(15)19(13)24-14(2)23(3)17-8-4-5-9-18(17)24;1-11-6-7-13-14-5-4-8-22-19(14)25-16(13)15(11)24-12(2)23(3)17-18(24)21-10-9-20-17;1-12(2)21-10-11-22(14(21)4)17-13(3)7-8-15-16-6-5-9-20-19(16)23-18(15)17/h5-14,16H,1-4H3;5-13,15H,1-4H3;4-12,14H,1-3H3;4-10,12H,1-3H3;5-12,14H,1-4H3/i;13D;;;. The molecule has 23 nitrogen and oxygen atoms in total. The van der Waals surface area contributed by atoms with E-state index in [0.29, 0.717) is 34.9 Å². The van der Waals surface area contributed by atoms with Crippen LogP contribution in [0.1, 0.15) is 105 Å². The maximum absolute atomic E-state index is 8.66. The molecule has 0 saturated heterocycles. The molecule has 8 aromatic carbocycles. The zero-order valence-corrected chi connectivity index (χ0v) is 74.7. The third kappa shape index (κ3) is 13.1. The van der Waals surface area contributed by atoms with E-state index in [2.05, 4.69) is 334 Å². The summed E-state index contributed by atoms with van der Waals surface area (Å²) in [5.74, 6) is 3.20. The van der Waals surface area contributed by atoms with Crippen LogP contribution in [-0.4, -0.2) is 108 Å². The van der Waals surface area contributed by atoms with Gasteiger partial charge in [-0.3, -0.25) is 9.80 Å². The highest BCUT2D eigenvalue weighted by molar-refractivity contribution is 6.15. The SMILES string of the molecule is Cc1ccc2c(oc3ncccc32)c1N1C=CN(C(C)C)C1C.Cc1ccc2c(oc3ncccc32)c1N1c2ccccc2N(C(C)C)C1C.Cc1ccc2c(oc3ncccc32)c1N1c2ccccc2N(C)C1C.Cc1ccc2c(oc3ncccc32)c1N1c2nccnc2N(C)C1C.[2H]C(C)(C)N1c2nccnc2N(c2c(C)ccc3c2oc2ccccc23)C1C. The van der Waals surface area contributed by atoms with Crippen LogP contribution >= 0.6 is 0 Å². The van der Waals surface area contributed by atoms with Gasteiger partial charge in [-0.05, 0) is 217 Å². The molecular formula is C104H102N18O5. The van der Waals surface area contributed by atoms with Crippen LogP contribution in [0.25, 0.3) is 110 Å². The van der Waals surface area contributed by atoms with Gasteiger partial charge in [-0.1, -0.05) is 103 Å². The topological polar surface area (TPSA) is 201 Å². The zero-order valence-electron chi connectivity index (χ0n) is 75.7. The number of aryl methyl sites for hydroxylation is 5. The highest BCUT2D eigenvalue weighted by Crippen LogP contribution is 2.54. The van der Waals surface area contributed by atoms with Gasteiger partial charge in [0, 0.05) is 148 Å². The summed E-state index contributed by atoms with van der Waals surface area (Å²) in [4.78, 5) is 58.5. The fourth-order valence-corrected chi connectivity index (χ4v) is 19.7. The fourth-order valence-electron chi connectivity index (χ4n) is 19.7. The van der Waals surface area contributed by atoms with Crippen molar-refractivity contribution in [2.75, 3.05) is 58.2 Å². The lowest BCUT2D eigenvalue weighted by atomic mass is 10.1. The van der Waals surface area contributed by atoms with Crippen molar-refractivity contribution in [1.82, 2.24) is 44.8 Å². The Morgan fingerprint density at radius 1 is 0.283 bits per heavy atom. The lowest BCUT2D eigenvalue weighted by Crippen LogP contribution is -2.42. The Bertz CT molecular complexity index is 7390. The van der Waals surface area contributed by atoms with Crippen LogP contribution in [0.5, 0.6) is 0 Å². The number of pyridine rings is 4. The van der Waals surface area contributed by atoms with Gasteiger partial charge in [0.15, 0.2) is 51.2 Å². The summed E-state index contributed by atoms with van der Waals surface area (Å²) < 4.78 is 39.7. The molecule has 5 unspecified atom stereocenters. The first kappa shape index (κ1) is 79.4. The van der Waals surface area contributed by atoms with Crippen molar-refractivity contribution in [1.29, 1.82) is 0 Å². The van der Waals surface area contributed by atoms with E-state index in [1.165, 1.54) is 39.4 Å². The second kappa shape index (κ2) is 31.8. The Balaban J connectivity index is 0.000000101. The number of fused-ring (bicyclic) bond motifs is 19. The number of anilines is 13. The molecule has 0 aliphatic carbocycles. The maximum Gasteiger partial charge on any atom is 0.227 e. The van der Waals surface area contributed by atoms with E-state index in [-0.39, 0.29) is 30.8 Å². The maximum atomic E-state index is 8.66. The van der Waals surface area contributed by atoms with Crippen LogP contribution in [-0.2, 0) is 0 Å². The highest BCUT2D eigenvalue weighted by Gasteiger charge is 2.43. The first-order valence-electron chi connectivity index (χ1n) is 44.1. The van der Waals surface area contributed by atoms with Crippen molar-refractivity contribution in [2.24, 2.45) is 0 Å². The largest absolute Gasteiger partial charge is 0.454 e. The van der Waals surface area contributed by atoms with Crippen molar-refractivity contribution < 1.29 is 23.5 Å². The number of furan rings is 5. The van der Waals surface area contributed by atoms with Crippen molar-refractivity contribution in [3.05, 3.63) is 272 Å². The van der Waals surface area contributed by atoms with Crippen LogP contribution in [0.3, 0.4) is 0 Å². The average molecular weight is 1690 g/mol. The number of benzene rings is 8. The normalized spacial score (nSPS) is 17.2. The number of nitrogens with zero attached hydrogens (tertiary/aromatic N) is 18. The van der Waals surface area contributed by atoms with Crippen molar-refractivity contribution in [3.63, 3.8) is 0 Å². The molecule has 0 bridgehead atoms. The predicted molar refractivity (Wildman–Crippen MR) is 517 cm³/mol. The molecule has 0 fully saturated rings. The van der Waals surface area contributed by atoms with E-state index in [9.17, 15) is 0 Å². The van der Waals surface area contributed by atoms with Crippen LogP contribution in [0.15, 0.2) is 266 Å². The summed E-state index contributed by atoms with van der Waals surface area (Å²) >= 11 is 0. The van der Waals surface area contributed by atoms with E-state index >= 15 is 0 Å². The molecule has 24 rings (SSSR count). The van der Waals surface area contributed by atoms with Gasteiger partial charge in [-0.25, -0.2) is 39.9 Å². The second-order valence-electron chi connectivity index (χ2n) is 34.3. The first-order valence-corrected chi connectivity index (χ1v) is 43.6. The van der Waals surface area contributed by atoms with E-state index in [4.69, 9.17) is 23.5 Å². The lowest BCUT2D eigenvalue weighted by molar-refractivity contribution is 0.263. The Labute approximate surface area is 738 Å². The minimum absolute atomic E-state index is 0.0860. The molecule has 23 heteroatoms. The zero-order chi connectivity index (χ0) is 88.7. The molecule has 16 heterocycles. The van der Waals surface area contributed by atoms with Gasteiger partial charge in [0.25, 0.3) is 0 Å². The second-order valence-corrected chi connectivity index (χ2v) is 34.3. The highest BCUT2D eigenvalue weighted by atomic mass is 16.4. The number of hydrogen-bond donors (Lipinski definition) is 0. The van der Waals surface area contributed by atoms with Crippen LogP contribution in [0, 0.1) is 34.6 Å². The van der Waals surface area contributed by atoms with Gasteiger partial charge in [0.1, 0.15) is 36.4 Å². The molecule has 0 spiro atoms. The van der Waals surface area contributed by atoms with Gasteiger partial charge in [0.05, 0.1) is 52.6 Å². The summed E-state index contributed by atoms with van der Waals surface area (Å²) in [7, 11) is 4.17. The lowest BCUT2D eigenvalue weighted by Gasteiger charge is -2.33. The summed E-state index contributed by atoms with van der Waals surface area (Å²) in [6, 6.07) is 62.8. The minimum Gasteiger partial charge on any atom is -0.454 e. The van der Waals surface area contributed by atoms with Gasteiger partial charge >= 0.3 is 0 Å². The fraction of sp³-hybridized carbons (Fsp3) is 0.250. The molecule has 638 valence electrons. The number of para-hydroxylation sites is 5. The first-order chi connectivity index (χ1) is 61.9. The molecule has 11 aromatic heterocycles. The van der Waals surface area contributed by atoms with Gasteiger partial charge < -0.3 is 61.3 Å². The molecular weight excluding hydrogens is 1580 g/mol. The summed E-state index contributed by atoms with van der Waals surface area (Å²) in [6.45, 7) is 34.2. The Kier molecular flexibility index (Phi) is 19.9. The molecule has 0 N–H and O–H groups in total. The third-order valence-corrected chi connectivity index (χ3v) is 25.9. The summed E-state index contributed by atoms with van der Waals surface area (Å²) in [6.07, 6.45) is 18.9. The molecule has 5 aliphatic rings. The van der Waals surface area contributed by atoms with Gasteiger partial charge in [-0.15, -0.1) is 0 Å². The molecule has 0 amide bonds. The molecule has 0 radical (unpaired) electrons. The van der Waals surface area contributed by atoms with Crippen LogP contribution in [0.4, 0.5) is 74.5 Å². The monoisotopic (exact) mass is 1680 g/mol. The van der Waals surface area contributed by atoms with E-state index in [1.54, 1.807) is 49.6 Å². The summed E-state index contributed by atoms with van der Waals surface area (Å²) in [5.41, 5.74) is 24.2. The molecule has 19 aromatic rings. The average Bonchev–Trinajstić information content (AvgIpc) is 1.57. The molecule has 0 saturated carbocycles. The van der Waals surface area contributed by atoms with E-state index in [1.807, 2.05) is 74.3 Å². The van der Waals surface area contributed by atoms with E-state index < -0.39 is 6.02 Å².